The minimum Gasteiger partial charge on any atom is -0.299 e. The maximum atomic E-state index is 12.8. The molecule has 4 aliphatic rings. The third-order valence-corrected chi connectivity index (χ3v) is 6.39. The minimum absolute atomic E-state index is 0.00305. The molecule has 6 atom stereocenters. The summed E-state index contributed by atoms with van der Waals surface area (Å²) in [4.78, 5) is 25.3. The van der Waals surface area contributed by atoms with Crippen molar-refractivity contribution in [1.29, 1.82) is 0 Å². The lowest BCUT2D eigenvalue weighted by Crippen LogP contribution is -2.50. The molecule has 0 aromatic carbocycles. The molecule has 4 aliphatic carbocycles. The van der Waals surface area contributed by atoms with Gasteiger partial charge in [0.2, 0.25) is 0 Å². The average molecular weight is 294 g/mol. The molecule has 0 aromatic rings. The van der Waals surface area contributed by atoms with E-state index in [1.165, 1.54) is 0 Å². The lowest BCUT2D eigenvalue weighted by molar-refractivity contribution is -0.132. The van der Waals surface area contributed by atoms with Gasteiger partial charge in [0.1, 0.15) is 5.78 Å². The van der Waals surface area contributed by atoms with E-state index in [0.29, 0.717) is 12.8 Å². The van der Waals surface area contributed by atoms with E-state index in [0.717, 1.165) is 0 Å². The van der Waals surface area contributed by atoms with Gasteiger partial charge in [0.05, 0.1) is 1.37 Å². The highest BCUT2D eigenvalue weighted by molar-refractivity contribution is 5.91. The van der Waals surface area contributed by atoms with Gasteiger partial charge >= 0.3 is 0 Å². The van der Waals surface area contributed by atoms with Crippen LogP contribution >= 0.6 is 0 Å². The number of hydrogen-bond donors (Lipinski definition) is 0. The standard InChI is InChI=1S/C19H26O2/c1-18-9-7-13(20)11-12(18)3-4-14-15-5-6-17(21)19(15,2)10-8-16(14)18/h11,14-16H,3-10H2,1-2H3/t14?,15?,16?,18-,19-/m0/s1/i3D2,6D2,7D2,9D,11D/t9-,14?,15?,16?,18-,19-. The van der Waals surface area contributed by atoms with Gasteiger partial charge in [-0.15, -0.1) is 0 Å². The zero-order chi connectivity index (χ0) is 21.9. The van der Waals surface area contributed by atoms with E-state index in [4.69, 9.17) is 11.0 Å². The molecule has 0 spiro atoms. The summed E-state index contributed by atoms with van der Waals surface area (Å²) in [6, 6.07) is -0.657. The number of carbonyl (C=O) groups excluding carboxylic acids is 2. The Labute approximate surface area is 138 Å². The van der Waals surface area contributed by atoms with Crippen LogP contribution in [0.4, 0.5) is 0 Å². The number of allylic oxidation sites excluding steroid dienone is 1. The maximum absolute atomic E-state index is 12.8. The molecular formula is C19H26O2. The van der Waals surface area contributed by atoms with Gasteiger partial charge in [-0.1, -0.05) is 19.4 Å². The smallest absolute Gasteiger partial charge is 0.155 e. The number of rotatable bonds is 0. The van der Waals surface area contributed by atoms with Gasteiger partial charge in [-0.25, -0.2) is 0 Å². The SMILES string of the molecule is [2H]C1=C2C([2H])([2H])CC3C(CC[C@]4(C)C(=O)C([2H])([2H])CC34)[C@@]2(C)[C@@H]([2H])C([2H])([2H])C1=O. The first-order valence-electron chi connectivity index (χ1n) is 11.8. The Kier molecular flexibility index (Phi) is 1.55. The van der Waals surface area contributed by atoms with Crippen LogP contribution in [0.2, 0.25) is 0 Å². The first-order valence-corrected chi connectivity index (χ1v) is 7.77. The summed E-state index contributed by atoms with van der Waals surface area (Å²) >= 11 is 0. The van der Waals surface area contributed by atoms with Crippen LogP contribution in [-0.2, 0) is 9.59 Å². The Morgan fingerprint density at radius 3 is 2.67 bits per heavy atom. The molecule has 0 saturated heterocycles. The maximum Gasteiger partial charge on any atom is 0.155 e. The quantitative estimate of drug-likeness (QED) is 0.674. The second-order valence-corrected chi connectivity index (χ2v) is 7.32. The summed E-state index contributed by atoms with van der Waals surface area (Å²) in [5.41, 5.74) is -2.34. The van der Waals surface area contributed by atoms with E-state index in [2.05, 4.69) is 0 Å². The van der Waals surface area contributed by atoms with Gasteiger partial charge in [0, 0.05) is 27.8 Å². The Morgan fingerprint density at radius 2 is 1.86 bits per heavy atom. The van der Waals surface area contributed by atoms with E-state index in [1.807, 2.05) is 0 Å². The second-order valence-electron chi connectivity index (χ2n) is 7.32. The molecule has 0 aliphatic heterocycles. The van der Waals surface area contributed by atoms with Crippen molar-refractivity contribution >= 4 is 11.6 Å². The fourth-order valence-electron chi connectivity index (χ4n) is 5.02. The van der Waals surface area contributed by atoms with E-state index < -0.39 is 65.8 Å². The van der Waals surface area contributed by atoms with Gasteiger partial charge in [-0.05, 0) is 67.7 Å². The number of carbonyl (C=O) groups is 2. The van der Waals surface area contributed by atoms with E-state index >= 15 is 0 Å². The highest BCUT2D eigenvalue weighted by atomic mass is 16.1. The van der Waals surface area contributed by atoms with E-state index in [-0.39, 0.29) is 24.3 Å². The van der Waals surface area contributed by atoms with Gasteiger partial charge < -0.3 is 0 Å². The zero-order valence-electron chi connectivity index (χ0n) is 20.5. The molecule has 3 unspecified atom stereocenters. The van der Waals surface area contributed by atoms with Crippen molar-refractivity contribution in [2.45, 2.75) is 65.0 Å². The molecular weight excluding hydrogens is 260 g/mol. The van der Waals surface area contributed by atoms with Crippen molar-refractivity contribution in [2.75, 3.05) is 0 Å². The lowest BCUT2D eigenvalue weighted by Gasteiger charge is -2.56. The van der Waals surface area contributed by atoms with Crippen molar-refractivity contribution in [3.05, 3.63) is 11.6 Å². The molecule has 0 bridgehead atoms. The molecule has 0 radical (unpaired) electrons. The molecule has 0 N–H and O–H groups in total. The van der Waals surface area contributed by atoms with Crippen molar-refractivity contribution < 1.29 is 20.6 Å². The van der Waals surface area contributed by atoms with Crippen molar-refractivity contribution in [3.63, 3.8) is 0 Å². The van der Waals surface area contributed by atoms with Crippen LogP contribution in [0.15, 0.2) is 11.6 Å². The molecule has 3 saturated carbocycles. The zero-order valence-corrected chi connectivity index (χ0v) is 12.5. The summed E-state index contributed by atoms with van der Waals surface area (Å²) in [5, 5.41) is 0. The molecule has 3 fully saturated rings. The van der Waals surface area contributed by atoms with E-state index in [9.17, 15) is 9.59 Å². The Morgan fingerprint density at radius 1 is 1.10 bits per heavy atom. The Hall–Kier alpha value is -0.920. The summed E-state index contributed by atoms with van der Waals surface area (Å²) in [5.74, 6) is -2.78. The summed E-state index contributed by atoms with van der Waals surface area (Å²) in [6.07, 6.45) is -7.45. The molecule has 0 heterocycles. The molecule has 0 amide bonds. The van der Waals surface area contributed by atoms with E-state index in [1.54, 1.807) is 13.8 Å². The first-order chi connectivity index (χ1) is 13.0. The van der Waals surface area contributed by atoms with Crippen LogP contribution in [0.3, 0.4) is 0 Å². The summed E-state index contributed by atoms with van der Waals surface area (Å²) in [6.45, 7) is 3.35. The first kappa shape index (κ1) is 7.57. The van der Waals surface area contributed by atoms with Crippen LogP contribution in [0, 0.1) is 28.6 Å². The minimum atomic E-state index is -2.59. The number of Topliss-reactive ketones (excluding diaryl/α,β-unsaturated/α-hetero) is 1. The largest absolute Gasteiger partial charge is 0.299 e. The third-order valence-electron chi connectivity index (χ3n) is 6.39. The number of ketones is 2. The molecule has 4 rings (SSSR count). The average Bonchev–Trinajstić information content (AvgIpc) is 2.78. The Balaban J connectivity index is 1.91. The fourth-order valence-corrected chi connectivity index (χ4v) is 5.02. The lowest BCUT2D eigenvalue weighted by atomic mass is 9.47. The predicted molar refractivity (Wildman–Crippen MR) is 81.7 cm³/mol. The number of hydrogen-bond acceptors (Lipinski definition) is 2. The van der Waals surface area contributed by atoms with Gasteiger partial charge in [0.25, 0.3) is 0 Å². The number of fused-ring (bicyclic) bond motifs is 5. The normalized spacial score (nSPS) is 66.0. The summed E-state index contributed by atoms with van der Waals surface area (Å²) in [7, 11) is 0. The van der Waals surface area contributed by atoms with Crippen LogP contribution in [-0.4, -0.2) is 11.6 Å². The predicted octanol–water partition coefficient (Wildman–Crippen LogP) is 4.09. The molecule has 114 valence electrons. The Bertz CT molecular complexity index is 849. The van der Waals surface area contributed by atoms with Crippen molar-refractivity contribution in [1.82, 2.24) is 0 Å². The molecule has 2 heteroatoms. The van der Waals surface area contributed by atoms with Crippen LogP contribution in [0.1, 0.15) is 76.0 Å². The molecule has 0 aromatic heterocycles. The fraction of sp³-hybridized carbons (Fsp3) is 0.789. The van der Waals surface area contributed by atoms with Crippen LogP contribution in [0.25, 0.3) is 0 Å². The third kappa shape index (κ3) is 1.71. The van der Waals surface area contributed by atoms with Crippen LogP contribution < -0.4 is 0 Å². The monoisotopic (exact) mass is 294 g/mol. The van der Waals surface area contributed by atoms with Crippen LogP contribution in [0.5, 0.6) is 0 Å². The molecule has 2 nitrogen and oxygen atoms in total. The summed E-state index contributed by atoms with van der Waals surface area (Å²) < 4.78 is 66.9. The van der Waals surface area contributed by atoms with Crippen molar-refractivity contribution in [3.8, 4) is 0 Å². The van der Waals surface area contributed by atoms with Gasteiger partial charge in [0.15, 0.2) is 5.78 Å². The second kappa shape index (κ2) is 4.30. The van der Waals surface area contributed by atoms with Gasteiger partial charge in [-0.3, -0.25) is 9.59 Å². The topological polar surface area (TPSA) is 34.1 Å². The molecule has 21 heavy (non-hydrogen) atoms. The highest BCUT2D eigenvalue weighted by Crippen LogP contribution is 2.64. The van der Waals surface area contributed by atoms with Crippen molar-refractivity contribution in [2.24, 2.45) is 28.6 Å². The van der Waals surface area contributed by atoms with Gasteiger partial charge in [-0.2, -0.15) is 0 Å². The highest BCUT2D eigenvalue weighted by Gasteiger charge is 2.58.